The van der Waals surface area contributed by atoms with E-state index in [4.69, 9.17) is 9.94 Å². The van der Waals surface area contributed by atoms with E-state index in [1.54, 1.807) is 6.92 Å². The first kappa shape index (κ1) is 20.7. The molecule has 1 fully saturated rings. The van der Waals surface area contributed by atoms with Gasteiger partial charge in [0, 0.05) is 26.6 Å². The fourth-order valence-corrected chi connectivity index (χ4v) is 4.14. The predicted octanol–water partition coefficient (Wildman–Crippen LogP) is -0.184. The van der Waals surface area contributed by atoms with Gasteiger partial charge in [0.1, 0.15) is 18.4 Å². The molecule has 2 amide bonds. The van der Waals surface area contributed by atoms with E-state index in [1.807, 2.05) is 0 Å². The summed E-state index contributed by atoms with van der Waals surface area (Å²) < 4.78 is 32.2. The molecule has 1 aromatic rings. The maximum absolute atomic E-state index is 12.9. The Morgan fingerprint density at radius 3 is 2.52 bits per heavy atom. The topological polar surface area (TPSA) is 116 Å². The van der Waals surface area contributed by atoms with Crippen LogP contribution in [0, 0.1) is 11.8 Å². The summed E-state index contributed by atoms with van der Waals surface area (Å²) in [5.74, 6) is 4.69. The first-order valence-corrected chi connectivity index (χ1v) is 9.59. The number of amides is 2. The summed E-state index contributed by atoms with van der Waals surface area (Å²) in [5, 5.41) is 8.88. The van der Waals surface area contributed by atoms with Gasteiger partial charge in [-0.2, -0.15) is 4.31 Å². The van der Waals surface area contributed by atoms with Crippen molar-refractivity contribution in [1.29, 1.82) is 0 Å². The van der Waals surface area contributed by atoms with Gasteiger partial charge in [0.05, 0.1) is 4.90 Å². The first-order chi connectivity index (χ1) is 12.8. The Labute approximate surface area is 157 Å². The lowest BCUT2D eigenvalue weighted by Gasteiger charge is -2.38. The zero-order chi connectivity index (χ0) is 20.0. The molecule has 1 aliphatic heterocycles. The average molecular weight is 395 g/mol. The minimum atomic E-state index is -3.88. The van der Waals surface area contributed by atoms with E-state index in [1.165, 1.54) is 41.6 Å². The van der Waals surface area contributed by atoms with Gasteiger partial charge in [-0.05, 0) is 31.2 Å². The van der Waals surface area contributed by atoms with Crippen molar-refractivity contribution in [3.63, 3.8) is 0 Å². The van der Waals surface area contributed by atoms with E-state index < -0.39 is 22.0 Å². The number of piperazine rings is 1. The van der Waals surface area contributed by atoms with Gasteiger partial charge in [0.15, 0.2) is 0 Å². The molecule has 0 spiro atoms. The number of hydroxylamine groups is 1. The Balaban J connectivity index is 2.19. The smallest absolute Gasteiger partial charge is 0.267 e. The van der Waals surface area contributed by atoms with E-state index >= 15 is 0 Å². The molecule has 1 unspecified atom stereocenters. The summed E-state index contributed by atoms with van der Waals surface area (Å²) >= 11 is 0. The number of hydrogen-bond donors (Lipinski definition) is 2. The lowest BCUT2D eigenvalue weighted by Crippen LogP contribution is -2.60. The van der Waals surface area contributed by atoms with Crippen molar-refractivity contribution in [2.24, 2.45) is 0 Å². The van der Waals surface area contributed by atoms with Gasteiger partial charge in [-0.25, -0.2) is 13.9 Å². The Morgan fingerprint density at radius 1 is 1.30 bits per heavy atom. The molecular weight excluding hydrogens is 374 g/mol. The van der Waals surface area contributed by atoms with Crippen LogP contribution in [0.1, 0.15) is 13.8 Å². The zero-order valence-corrected chi connectivity index (χ0v) is 15.8. The third kappa shape index (κ3) is 4.77. The van der Waals surface area contributed by atoms with Gasteiger partial charge in [-0.15, -0.1) is 5.92 Å². The van der Waals surface area contributed by atoms with Crippen molar-refractivity contribution in [2.45, 2.75) is 24.8 Å². The molecule has 0 aromatic heterocycles. The van der Waals surface area contributed by atoms with Crippen molar-refractivity contribution in [1.82, 2.24) is 14.7 Å². The van der Waals surface area contributed by atoms with E-state index in [9.17, 15) is 18.0 Å². The Morgan fingerprint density at radius 2 is 1.96 bits per heavy atom. The monoisotopic (exact) mass is 395 g/mol. The highest BCUT2D eigenvalue weighted by Crippen LogP contribution is 2.22. The van der Waals surface area contributed by atoms with Gasteiger partial charge in [-0.3, -0.25) is 14.8 Å². The molecule has 0 radical (unpaired) electrons. The second-order valence-corrected chi connectivity index (χ2v) is 7.69. The molecule has 9 nitrogen and oxygen atoms in total. The number of nitrogens with one attached hydrogen (secondary N) is 1. The van der Waals surface area contributed by atoms with Crippen molar-refractivity contribution < 1.29 is 28.0 Å². The second-order valence-electron chi connectivity index (χ2n) is 5.75. The second kappa shape index (κ2) is 8.85. The van der Waals surface area contributed by atoms with Crippen LogP contribution in [-0.2, 0) is 19.6 Å². The largest absolute Gasteiger partial charge is 0.481 e. The van der Waals surface area contributed by atoms with Crippen LogP contribution in [-0.4, -0.2) is 66.9 Å². The number of carbonyl (C=O) groups excluding carboxylic acids is 2. The molecular formula is C17H21N3O6S. The third-order valence-electron chi connectivity index (χ3n) is 4.11. The molecule has 1 aliphatic rings. The van der Waals surface area contributed by atoms with E-state index in [0.717, 1.165) is 4.31 Å². The number of carbonyl (C=O) groups is 2. The number of ether oxygens (including phenoxy) is 1. The van der Waals surface area contributed by atoms with Gasteiger partial charge in [0.25, 0.3) is 5.91 Å². The van der Waals surface area contributed by atoms with Crippen LogP contribution in [0.2, 0.25) is 0 Å². The van der Waals surface area contributed by atoms with Crippen LogP contribution in [0.3, 0.4) is 0 Å². The van der Waals surface area contributed by atoms with E-state index in [0.29, 0.717) is 5.75 Å². The fourth-order valence-electron chi connectivity index (χ4n) is 2.70. The molecule has 0 saturated carbocycles. The number of nitrogens with zero attached hydrogens (tertiary/aromatic N) is 2. The van der Waals surface area contributed by atoms with Crippen molar-refractivity contribution in [3.05, 3.63) is 24.3 Å². The highest BCUT2D eigenvalue weighted by atomic mass is 32.2. The van der Waals surface area contributed by atoms with Crippen molar-refractivity contribution >= 4 is 21.8 Å². The Kier molecular flexibility index (Phi) is 6.79. The first-order valence-electron chi connectivity index (χ1n) is 8.15. The molecule has 10 heteroatoms. The molecule has 1 aromatic carbocycles. The number of benzene rings is 1. The van der Waals surface area contributed by atoms with Crippen LogP contribution in [0.25, 0.3) is 0 Å². The molecule has 146 valence electrons. The Bertz CT molecular complexity index is 857. The average Bonchev–Trinajstić information content (AvgIpc) is 2.67. The van der Waals surface area contributed by atoms with Crippen molar-refractivity contribution in [3.8, 4) is 17.6 Å². The lowest BCUT2D eigenvalue weighted by atomic mass is 10.2. The number of hydrogen-bond acceptors (Lipinski definition) is 6. The summed E-state index contributed by atoms with van der Waals surface area (Å²) in [6, 6.07) is 4.75. The van der Waals surface area contributed by atoms with Crippen LogP contribution in [0.5, 0.6) is 5.75 Å². The predicted molar refractivity (Wildman–Crippen MR) is 95.3 cm³/mol. The van der Waals surface area contributed by atoms with E-state index in [-0.39, 0.29) is 37.0 Å². The summed E-state index contributed by atoms with van der Waals surface area (Å²) in [6.07, 6.45) is 0. The zero-order valence-electron chi connectivity index (χ0n) is 15.0. The molecule has 2 N–H and O–H groups in total. The Hall–Kier alpha value is -2.61. The van der Waals surface area contributed by atoms with Gasteiger partial charge >= 0.3 is 0 Å². The molecule has 1 atom stereocenters. The van der Waals surface area contributed by atoms with Crippen molar-refractivity contribution in [2.75, 3.05) is 26.2 Å². The van der Waals surface area contributed by atoms with Gasteiger partial charge < -0.3 is 9.64 Å². The molecule has 1 saturated heterocycles. The minimum Gasteiger partial charge on any atom is -0.481 e. The highest BCUT2D eigenvalue weighted by Gasteiger charge is 2.38. The normalized spacial score (nSPS) is 17.6. The molecule has 27 heavy (non-hydrogen) atoms. The highest BCUT2D eigenvalue weighted by molar-refractivity contribution is 7.89. The molecule has 1 heterocycles. The van der Waals surface area contributed by atoms with Crippen LogP contribution in [0.15, 0.2) is 29.2 Å². The maximum atomic E-state index is 12.9. The maximum Gasteiger partial charge on any atom is 0.267 e. The summed E-state index contributed by atoms with van der Waals surface area (Å²) in [6.45, 7) is 3.01. The summed E-state index contributed by atoms with van der Waals surface area (Å²) in [4.78, 5) is 24.8. The lowest BCUT2D eigenvalue weighted by molar-refractivity contribution is -0.145. The summed E-state index contributed by atoms with van der Waals surface area (Å²) in [5.41, 5.74) is 1.48. The van der Waals surface area contributed by atoms with Crippen LogP contribution in [0.4, 0.5) is 0 Å². The third-order valence-corrected chi connectivity index (χ3v) is 5.99. The summed E-state index contributed by atoms with van der Waals surface area (Å²) in [7, 11) is -3.88. The van der Waals surface area contributed by atoms with Gasteiger partial charge in [0.2, 0.25) is 15.9 Å². The fraction of sp³-hybridized carbons (Fsp3) is 0.412. The van der Waals surface area contributed by atoms with E-state index in [2.05, 4.69) is 11.8 Å². The van der Waals surface area contributed by atoms with Crippen LogP contribution < -0.4 is 10.2 Å². The number of rotatable bonds is 5. The minimum absolute atomic E-state index is 0.0378. The quantitative estimate of drug-likeness (QED) is 0.406. The SMILES string of the molecule is CC#CCOc1ccc(S(=O)(=O)N2CCN(C(C)=O)C(C(=O)NO)C2)cc1. The van der Waals surface area contributed by atoms with Gasteiger partial charge in [-0.1, -0.05) is 5.92 Å². The number of sulfonamides is 1. The van der Waals surface area contributed by atoms with Crippen LogP contribution >= 0.6 is 0 Å². The molecule has 2 rings (SSSR count). The molecule has 0 bridgehead atoms. The standard InChI is InChI=1S/C17H21N3O6S/c1-3-4-11-26-14-5-7-15(8-6-14)27(24,25)19-9-10-20(13(2)21)16(12-19)17(22)18-23/h5-8,16,23H,9-12H2,1-2H3,(H,18,22). The molecule has 0 aliphatic carbocycles.